The van der Waals surface area contributed by atoms with Gasteiger partial charge in [-0.3, -0.25) is 0 Å². The summed E-state index contributed by atoms with van der Waals surface area (Å²) in [5, 5.41) is 13.3. The number of nitrogens with zero attached hydrogens (tertiary/aromatic N) is 2. The van der Waals surface area contributed by atoms with Crippen LogP contribution in [0, 0.1) is 0 Å². The van der Waals surface area contributed by atoms with Crippen molar-refractivity contribution in [3.05, 3.63) is 0 Å². The Morgan fingerprint density at radius 1 is 1.06 bits per heavy atom. The SMILES string of the molecule is OC(CNCCN1CCSCC1)CN1CCCC1. The highest BCUT2D eigenvalue weighted by atomic mass is 32.2. The lowest BCUT2D eigenvalue weighted by Crippen LogP contribution is -2.41. The van der Waals surface area contributed by atoms with Gasteiger partial charge in [0, 0.05) is 50.8 Å². The molecule has 0 aromatic heterocycles. The number of nitrogens with one attached hydrogen (secondary N) is 1. The third-order valence-electron chi connectivity index (χ3n) is 3.76. The van der Waals surface area contributed by atoms with Crippen molar-refractivity contribution < 1.29 is 5.11 Å². The van der Waals surface area contributed by atoms with E-state index in [0.29, 0.717) is 0 Å². The first kappa shape index (κ1) is 14.6. The van der Waals surface area contributed by atoms with Crippen molar-refractivity contribution in [3.63, 3.8) is 0 Å². The summed E-state index contributed by atoms with van der Waals surface area (Å²) >= 11 is 2.05. The van der Waals surface area contributed by atoms with Crippen LogP contribution in [0.2, 0.25) is 0 Å². The lowest BCUT2D eigenvalue weighted by molar-refractivity contribution is 0.122. The van der Waals surface area contributed by atoms with E-state index in [-0.39, 0.29) is 6.10 Å². The molecular weight excluding hydrogens is 246 g/mol. The van der Waals surface area contributed by atoms with Crippen LogP contribution in [0.1, 0.15) is 12.8 Å². The summed E-state index contributed by atoms with van der Waals surface area (Å²) in [6, 6.07) is 0. The number of aliphatic hydroxyl groups is 1. The Morgan fingerprint density at radius 2 is 1.78 bits per heavy atom. The van der Waals surface area contributed by atoms with Crippen LogP contribution in [0.25, 0.3) is 0 Å². The second-order valence-electron chi connectivity index (χ2n) is 5.32. The van der Waals surface area contributed by atoms with Gasteiger partial charge in [0.05, 0.1) is 6.10 Å². The first-order valence-corrected chi connectivity index (χ1v) is 8.41. The van der Waals surface area contributed by atoms with E-state index >= 15 is 0 Å². The molecule has 0 radical (unpaired) electrons. The highest BCUT2D eigenvalue weighted by Crippen LogP contribution is 2.08. The van der Waals surface area contributed by atoms with Crippen molar-refractivity contribution in [1.29, 1.82) is 0 Å². The van der Waals surface area contributed by atoms with Gasteiger partial charge in [0.15, 0.2) is 0 Å². The van der Waals surface area contributed by atoms with Gasteiger partial charge < -0.3 is 20.2 Å². The number of rotatable bonds is 7. The van der Waals surface area contributed by atoms with Gasteiger partial charge in [-0.15, -0.1) is 0 Å². The van der Waals surface area contributed by atoms with Crippen LogP contribution in [0.5, 0.6) is 0 Å². The van der Waals surface area contributed by atoms with E-state index in [1.807, 2.05) is 0 Å². The van der Waals surface area contributed by atoms with Gasteiger partial charge in [0.1, 0.15) is 0 Å². The molecule has 0 aliphatic carbocycles. The molecule has 0 bridgehead atoms. The zero-order valence-electron chi connectivity index (χ0n) is 11.3. The van der Waals surface area contributed by atoms with Crippen molar-refractivity contribution in [3.8, 4) is 0 Å². The molecule has 2 heterocycles. The highest BCUT2D eigenvalue weighted by Gasteiger charge is 2.15. The minimum absolute atomic E-state index is 0.208. The van der Waals surface area contributed by atoms with E-state index in [4.69, 9.17) is 0 Å². The quantitative estimate of drug-likeness (QED) is 0.643. The van der Waals surface area contributed by atoms with Gasteiger partial charge in [0.2, 0.25) is 0 Å². The summed E-state index contributed by atoms with van der Waals surface area (Å²) in [6.45, 7) is 8.49. The average Bonchev–Trinajstić information content (AvgIpc) is 2.89. The summed E-state index contributed by atoms with van der Waals surface area (Å²) in [4.78, 5) is 4.88. The fourth-order valence-corrected chi connectivity index (χ4v) is 3.64. The third-order valence-corrected chi connectivity index (χ3v) is 4.70. The van der Waals surface area contributed by atoms with Crippen molar-refractivity contribution in [1.82, 2.24) is 15.1 Å². The Balaban J connectivity index is 1.46. The van der Waals surface area contributed by atoms with Crippen molar-refractivity contribution in [2.45, 2.75) is 18.9 Å². The van der Waals surface area contributed by atoms with Gasteiger partial charge in [-0.05, 0) is 25.9 Å². The molecule has 0 spiro atoms. The molecule has 18 heavy (non-hydrogen) atoms. The Bertz CT molecular complexity index is 218. The number of hydrogen-bond acceptors (Lipinski definition) is 5. The molecule has 106 valence electrons. The number of hydrogen-bond donors (Lipinski definition) is 2. The molecule has 2 aliphatic heterocycles. The monoisotopic (exact) mass is 273 g/mol. The first-order chi connectivity index (χ1) is 8.84. The van der Waals surface area contributed by atoms with Gasteiger partial charge in [-0.1, -0.05) is 0 Å². The van der Waals surface area contributed by atoms with Gasteiger partial charge in [-0.2, -0.15) is 11.8 Å². The predicted molar refractivity (Wildman–Crippen MR) is 78.3 cm³/mol. The van der Waals surface area contributed by atoms with Crippen LogP contribution < -0.4 is 5.32 Å². The average molecular weight is 273 g/mol. The molecule has 5 heteroatoms. The number of likely N-dealkylation sites (tertiary alicyclic amines) is 1. The Morgan fingerprint density at radius 3 is 2.50 bits per heavy atom. The summed E-state index contributed by atoms with van der Waals surface area (Å²) in [5.41, 5.74) is 0. The molecule has 2 aliphatic rings. The van der Waals surface area contributed by atoms with Crippen molar-refractivity contribution >= 4 is 11.8 Å². The van der Waals surface area contributed by atoms with Crippen LogP contribution in [-0.4, -0.2) is 84.9 Å². The van der Waals surface area contributed by atoms with Crippen molar-refractivity contribution in [2.24, 2.45) is 0 Å². The zero-order valence-corrected chi connectivity index (χ0v) is 12.1. The predicted octanol–water partition coefficient (Wildman–Crippen LogP) is 0.0815. The minimum atomic E-state index is -0.208. The number of aliphatic hydroxyl groups excluding tert-OH is 1. The van der Waals surface area contributed by atoms with E-state index < -0.39 is 0 Å². The number of thioether (sulfide) groups is 1. The normalized spacial score (nSPS) is 24.5. The van der Waals surface area contributed by atoms with Gasteiger partial charge in [-0.25, -0.2) is 0 Å². The van der Waals surface area contributed by atoms with E-state index in [9.17, 15) is 5.11 Å². The molecule has 0 amide bonds. The maximum atomic E-state index is 9.93. The largest absolute Gasteiger partial charge is 0.390 e. The second kappa shape index (κ2) is 8.38. The van der Waals surface area contributed by atoms with Crippen LogP contribution >= 0.6 is 11.8 Å². The fourth-order valence-electron chi connectivity index (χ4n) is 2.66. The molecule has 2 N–H and O–H groups in total. The maximum Gasteiger partial charge on any atom is 0.0791 e. The van der Waals surface area contributed by atoms with Crippen LogP contribution in [0.4, 0.5) is 0 Å². The van der Waals surface area contributed by atoms with Crippen LogP contribution in [-0.2, 0) is 0 Å². The van der Waals surface area contributed by atoms with Crippen molar-refractivity contribution in [2.75, 3.05) is 63.9 Å². The first-order valence-electron chi connectivity index (χ1n) is 7.26. The fraction of sp³-hybridized carbons (Fsp3) is 1.00. The van der Waals surface area contributed by atoms with Crippen LogP contribution in [0.3, 0.4) is 0 Å². The summed E-state index contributed by atoms with van der Waals surface area (Å²) < 4.78 is 0. The second-order valence-corrected chi connectivity index (χ2v) is 6.54. The third kappa shape index (κ3) is 5.45. The molecule has 4 nitrogen and oxygen atoms in total. The number of β-amino-alcohol motifs (C(OH)–C–C–N with tert-alkyl or cyclic N) is 1. The Hall–Kier alpha value is 0.190. The molecule has 1 unspecified atom stereocenters. The lowest BCUT2D eigenvalue weighted by atomic mass is 10.3. The molecule has 0 aromatic carbocycles. The molecule has 0 saturated carbocycles. The minimum Gasteiger partial charge on any atom is -0.390 e. The van der Waals surface area contributed by atoms with Crippen LogP contribution in [0.15, 0.2) is 0 Å². The summed E-state index contributed by atoms with van der Waals surface area (Å²) in [5.74, 6) is 2.55. The smallest absolute Gasteiger partial charge is 0.0791 e. The Kier molecular flexibility index (Phi) is 6.79. The van der Waals surface area contributed by atoms with Gasteiger partial charge in [0.25, 0.3) is 0 Å². The molecule has 2 saturated heterocycles. The zero-order chi connectivity index (χ0) is 12.6. The van der Waals surface area contributed by atoms with E-state index in [1.165, 1.54) is 50.5 Å². The standard InChI is InChI=1S/C13H27N3OS/c17-13(12-16-4-1-2-5-16)11-14-3-6-15-7-9-18-10-8-15/h13-14,17H,1-12H2. The molecular formula is C13H27N3OS. The summed E-state index contributed by atoms with van der Waals surface area (Å²) in [7, 11) is 0. The lowest BCUT2D eigenvalue weighted by Gasteiger charge is -2.26. The maximum absolute atomic E-state index is 9.93. The molecule has 0 aromatic rings. The molecule has 1 atom stereocenters. The molecule has 2 fully saturated rings. The Labute approximate surface area is 115 Å². The van der Waals surface area contributed by atoms with E-state index in [1.54, 1.807) is 0 Å². The van der Waals surface area contributed by atoms with E-state index in [0.717, 1.165) is 26.2 Å². The summed E-state index contributed by atoms with van der Waals surface area (Å²) in [6.07, 6.45) is 2.39. The van der Waals surface area contributed by atoms with E-state index in [2.05, 4.69) is 26.9 Å². The van der Waals surface area contributed by atoms with Gasteiger partial charge >= 0.3 is 0 Å². The highest BCUT2D eigenvalue weighted by molar-refractivity contribution is 7.99. The molecule has 2 rings (SSSR count). The topological polar surface area (TPSA) is 38.7 Å².